The zero-order chi connectivity index (χ0) is 18.8. The third-order valence-electron chi connectivity index (χ3n) is 4.94. The number of ketones is 1. The van der Waals surface area contributed by atoms with Crippen LogP contribution in [0.4, 0.5) is 11.4 Å². The van der Waals surface area contributed by atoms with Crippen molar-refractivity contribution < 1.29 is 9.72 Å². The van der Waals surface area contributed by atoms with Crippen molar-refractivity contribution in [2.45, 2.75) is 45.6 Å². The molecule has 8 nitrogen and oxygen atoms in total. The first-order valence-electron chi connectivity index (χ1n) is 8.82. The number of carbonyl (C=O) groups excluding carboxylic acids is 1. The molecule has 0 radical (unpaired) electrons. The Morgan fingerprint density at radius 3 is 2.58 bits per heavy atom. The van der Waals surface area contributed by atoms with Crippen molar-refractivity contribution in [3.05, 3.63) is 46.0 Å². The summed E-state index contributed by atoms with van der Waals surface area (Å²) in [6.07, 6.45) is 3.48. The largest absolute Gasteiger partial charge is 0.366 e. The Morgan fingerprint density at radius 2 is 2.00 bits per heavy atom. The normalized spacial score (nSPS) is 15.5. The van der Waals surface area contributed by atoms with Gasteiger partial charge in [-0.2, -0.15) is 0 Å². The lowest BCUT2D eigenvalue weighted by Crippen LogP contribution is -2.34. The highest BCUT2D eigenvalue weighted by Gasteiger charge is 2.28. The van der Waals surface area contributed by atoms with E-state index in [2.05, 4.69) is 28.6 Å². The van der Waals surface area contributed by atoms with Crippen molar-refractivity contribution in [2.75, 3.05) is 18.0 Å². The average Bonchev–Trinajstić information content (AvgIpc) is 3.11. The van der Waals surface area contributed by atoms with Gasteiger partial charge in [-0.3, -0.25) is 14.9 Å². The molecule has 8 heteroatoms. The lowest BCUT2D eigenvalue weighted by atomic mass is 9.95. The summed E-state index contributed by atoms with van der Waals surface area (Å²) in [5.41, 5.74) is 0.922. The maximum atomic E-state index is 11.5. The van der Waals surface area contributed by atoms with Gasteiger partial charge in [-0.05, 0) is 45.7 Å². The van der Waals surface area contributed by atoms with Gasteiger partial charge in [0.05, 0.1) is 4.92 Å². The fourth-order valence-electron chi connectivity index (χ4n) is 3.48. The Labute approximate surface area is 152 Å². The molecule has 138 valence electrons. The SMILES string of the molecule is CC(=O)c1ccc(N2CCC(c3nncn3C(C)C)CC2)c([N+](=O)[O-])c1. The summed E-state index contributed by atoms with van der Waals surface area (Å²) >= 11 is 0. The molecule has 26 heavy (non-hydrogen) atoms. The van der Waals surface area contributed by atoms with Gasteiger partial charge in [-0.1, -0.05) is 0 Å². The molecule has 0 unspecified atom stereocenters. The van der Waals surface area contributed by atoms with Crippen LogP contribution in [0.1, 0.15) is 61.8 Å². The molecule has 2 aromatic rings. The summed E-state index contributed by atoms with van der Waals surface area (Å²) in [6, 6.07) is 5.02. The third kappa shape index (κ3) is 3.44. The number of nitrogens with zero attached hydrogens (tertiary/aromatic N) is 5. The zero-order valence-electron chi connectivity index (χ0n) is 15.3. The number of benzene rings is 1. The fraction of sp³-hybridized carbons (Fsp3) is 0.500. The number of anilines is 1. The van der Waals surface area contributed by atoms with E-state index in [4.69, 9.17) is 0 Å². The molecular weight excluding hydrogens is 334 g/mol. The lowest BCUT2D eigenvalue weighted by molar-refractivity contribution is -0.384. The van der Waals surface area contributed by atoms with Gasteiger partial charge >= 0.3 is 0 Å². The molecule has 1 aliphatic heterocycles. The number of nitro groups is 1. The Hall–Kier alpha value is -2.77. The number of carbonyl (C=O) groups is 1. The quantitative estimate of drug-likeness (QED) is 0.463. The first-order chi connectivity index (χ1) is 12.4. The van der Waals surface area contributed by atoms with Gasteiger partial charge in [0, 0.05) is 36.7 Å². The second kappa shape index (κ2) is 7.23. The zero-order valence-corrected chi connectivity index (χ0v) is 15.3. The third-order valence-corrected chi connectivity index (χ3v) is 4.94. The maximum Gasteiger partial charge on any atom is 0.293 e. The van der Waals surface area contributed by atoms with E-state index in [1.54, 1.807) is 18.5 Å². The van der Waals surface area contributed by atoms with E-state index in [0.717, 1.165) is 18.7 Å². The standard InChI is InChI=1S/C18H23N5O3/c1-12(2)22-11-19-20-18(22)14-6-8-21(9-7-14)16-5-4-15(13(3)24)10-17(16)23(25)26/h4-5,10-12,14H,6-9H2,1-3H3. The molecule has 0 atom stereocenters. The van der Waals surface area contributed by atoms with Crippen LogP contribution in [0, 0.1) is 10.1 Å². The van der Waals surface area contributed by atoms with Crippen LogP contribution < -0.4 is 4.90 Å². The fourth-order valence-corrected chi connectivity index (χ4v) is 3.48. The van der Waals surface area contributed by atoms with E-state index in [1.165, 1.54) is 13.0 Å². The van der Waals surface area contributed by atoms with E-state index in [1.807, 2.05) is 4.90 Å². The minimum Gasteiger partial charge on any atom is -0.366 e. The van der Waals surface area contributed by atoms with Crippen molar-refractivity contribution in [2.24, 2.45) is 0 Å². The molecule has 0 saturated carbocycles. The maximum absolute atomic E-state index is 11.5. The Kier molecular flexibility index (Phi) is 5.01. The van der Waals surface area contributed by atoms with Crippen LogP contribution in [0.15, 0.2) is 24.5 Å². The van der Waals surface area contributed by atoms with E-state index < -0.39 is 4.92 Å². The number of nitro benzene ring substituents is 1. The van der Waals surface area contributed by atoms with Crippen LogP contribution in [0.2, 0.25) is 0 Å². The van der Waals surface area contributed by atoms with Gasteiger partial charge in [0.2, 0.25) is 0 Å². The summed E-state index contributed by atoms with van der Waals surface area (Å²) < 4.78 is 2.09. The number of Topliss-reactive ketones (excluding diaryl/α,β-unsaturated/α-hetero) is 1. The van der Waals surface area contributed by atoms with Crippen LogP contribution in [0.3, 0.4) is 0 Å². The van der Waals surface area contributed by atoms with Crippen molar-refractivity contribution >= 4 is 17.2 Å². The molecule has 1 fully saturated rings. The summed E-state index contributed by atoms with van der Waals surface area (Å²) in [7, 11) is 0. The van der Waals surface area contributed by atoms with Gasteiger partial charge in [0.15, 0.2) is 5.78 Å². The highest BCUT2D eigenvalue weighted by molar-refractivity contribution is 5.95. The molecular formula is C18H23N5O3. The average molecular weight is 357 g/mol. The van der Waals surface area contributed by atoms with Gasteiger partial charge in [0.25, 0.3) is 5.69 Å². The van der Waals surface area contributed by atoms with Crippen LogP contribution in [-0.2, 0) is 0 Å². The number of hydrogen-bond acceptors (Lipinski definition) is 6. The second-order valence-corrected chi connectivity index (χ2v) is 6.97. The van der Waals surface area contributed by atoms with Crippen molar-refractivity contribution in [3.63, 3.8) is 0 Å². The van der Waals surface area contributed by atoms with Gasteiger partial charge in [-0.15, -0.1) is 10.2 Å². The van der Waals surface area contributed by atoms with E-state index >= 15 is 0 Å². The summed E-state index contributed by atoms with van der Waals surface area (Å²) in [4.78, 5) is 24.6. The molecule has 0 aliphatic carbocycles. The van der Waals surface area contributed by atoms with E-state index in [0.29, 0.717) is 36.3 Å². The highest BCUT2D eigenvalue weighted by Crippen LogP contribution is 2.35. The minimum absolute atomic E-state index is 0.0125. The molecule has 1 aromatic carbocycles. The summed E-state index contributed by atoms with van der Waals surface area (Å²) in [5, 5.41) is 19.8. The molecule has 0 spiro atoms. The monoisotopic (exact) mass is 357 g/mol. The van der Waals surface area contributed by atoms with Crippen LogP contribution in [0.25, 0.3) is 0 Å². The number of rotatable bonds is 5. The van der Waals surface area contributed by atoms with E-state index in [9.17, 15) is 14.9 Å². The summed E-state index contributed by atoms with van der Waals surface area (Å²) in [5.74, 6) is 1.11. The Balaban J connectivity index is 1.79. The van der Waals surface area contributed by atoms with Gasteiger partial charge in [0.1, 0.15) is 17.8 Å². The molecule has 2 heterocycles. The molecule has 1 aromatic heterocycles. The summed E-state index contributed by atoms with van der Waals surface area (Å²) in [6.45, 7) is 7.02. The smallest absolute Gasteiger partial charge is 0.293 e. The van der Waals surface area contributed by atoms with E-state index in [-0.39, 0.29) is 11.5 Å². The Morgan fingerprint density at radius 1 is 1.31 bits per heavy atom. The van der Waals surface area contributed by atoms with Gasteiger partial charge < -0.3 is 9.47 Å². The van der Waals surface area contributed by atoms with Gasteiger partial charge in [-0.25, -0.2) is 0 Å². The van der Waals surface area contributed by atoms with Crippen molar-refractivity contribution in [1.82, 2.24) is 14.8 Å². The van der Waals surface area contributed by atoms with Crippen molar-refractivity contribution in [1.29, 1.82) is 0 Å². The van der Waals surface area contributed by atoms with Crippen molar-refractivity contribution in [3.8, 4) is 0 Å². The topological polar surface area (TPSA) is 94.2 Å². The van der Waals surface area contributed by atoms with Crippen LogP contribution >= 0.6 is 0 Å². The molecule has 0 bridgehead atoms. The first kappa shape index (κ1) is 18.0. The molecule has 3 rings (SSSR count). The second-order valence-electron chi connectivity index (χ2n) is 6.97. The Bertz CT molecular complexity index is 822. The molecule has 1 aliphatic rings. The molecule has 1 saturated heterocycles. The first-order valence-corrected chi connectivity index (χ1v) is 8.82. The molecule has 0 amide bonds. The molecule has 0 N–H and O–H groups in total. The number of piperidine rings is 1. The van der Waals surface area contributed by atoms with Crippen LogP contribution in [-0.4, -0.2) is 38.6 Å². The minimum atomic E-state index is -0.413. The number of hydrogen-bond donors (Lipinski definition) is 0. The lowest BCUT2D eigenvalue weighted by Gasteiger charge is -2.33. The highest BCUT2D eigenvalue weighted by atomic mass is 16.6. The van der Waals surface area contributed by atoms with Crippen LogP contribution in [0.5, 0.6) is 0 Å². The number of aromatic nitrogens is 3. The predicted molar refractivity (Wildman–Crippen MR) is 97.7 cm³/mol. The predicted octanol–water partition coefficient (Wildman–Crippen LogP) is 3.35.